The summed E-state index contributed by atoms with van der Waals surface area (Å²) < 4.78 is 7.10. The number of hydrogen-bond acceptors (Lipinski definition) is 6. The van der Waals surface area contributed by atoms with Gasteiger partial charge in [-0.15, -0.1) is 10.2 Å². The molecule has 5 nitrogen and oxygen atoms in total. The highest BCUT2D eigenvalue weighted by molar-refractivity contribution is 7.22. The van der Waals surface area contributed by atoms with Gasteiger partial charge in [0.15, 0.2) is 5.13 Å². The lowest BCUT2D eigenvalue weighted by molar-refractivity contribution is 0.376. The average Bonchev–Trinajstić information content (AvgIpc) is 3.20. The van der Waals surface area contributed by atoms with Crippen LogP contribution in [0, 0.1) is 6.92 Å². The minimum absolute atomic E-state index is 0.377. The molecule has 2 fully saturated rings. The highest BCUT2D eigenvalue weighted by Crippen LogP contribution is 2.41. The zero-order chi connectivity index (χ0) is 17.0. The van der Waals surface area contributed by atoms with Crippen molar-refractivity contribution in [1.82, 2.24) is 15.2 Å². The van der Waals surface area contributed by atoms with Crippen molar-refractivity contribution < 1.29 is 4.42 Å². The lowest BCUT2D eigenvalue weighted by Gasteiger charge is -2.30. The summed E-state index contributed by atoms with van der Waals surface area (Å²) in [6.45, 7) is 3.98. The van der Waals surface area contributed by atoms with Crippen LogP contribution in [-0.4, -0.2) is 28.3 Å². The maximum absolute atomic E-state index is 6.23. The van der Waals surface area contributed by atoms with E-state index in [0.717, 1.165) is 58.9 Å². The molecule has 0 radical (unpaired) electrons. The fourth-order valence-electron chi connectivity index (χ4n) is 3.45. The molecule has 1 aromatic carbocycles. The van der Waals surface area contributed by atoms with Crippen molar-refractivity contribution in [3.8, 4) is 0 Å². The molecule has 7 heteroatoms. The number of aryl methyl sites for hydroxylation is 1. The van der Waals surface area contributed by atoms with Gasteiger partial charge >= 0.3 is 0 Å². The van der Waals surface area contributed by atoms with Gasteiger partial charge in [0.1, 0.15) is 0 Å². The third-order valence-corrected chi connectivity index (χ3v) is 6.73. The van der Waals surface area contributed by atoms with Gasteiger partial charge in [-0.2, -0.15) is 0 Å². The smallest absolute Gasteiger partial charge is 0.219 e. The Morgan fingerprint density at radius 2 is 1.76 bits per heavy atom. The largest absolute Gasteiger partial charge is 0.425 e. The molecule has 0 spiro atoms. The van der Waals surface area contributed by atoms with Crippen LogP contribution >= 0.6 is 22.9 Å². The lowest BCUT2D eigenvalue weighted by Crippen LogP contribution is -2.32. The molecule has 0 unspecified atom stereocenters. The normalized spacial score (nSPS) is 19.0. The van der Waals surface area contributed by atoms with Crippen molar-refractivity contribution in [3.63, 3.8) is 0 Å². The quantitative estimate of drug-likeness (QED) is 0.652. The Morgan fingerprint density at radius 3 is 2.44 bits per heavy atom. The fourth-order valence-corrected chi connectivity index (χ4v) is 4.68. The minimum atomic E-state index is 0.377. The van der Waals surface area contributed by atoms with Crippen LogP contribution in [0.15, 0.2) is 16.5 Å². The molecule has 3 heterocycles. The van der Waals surface area contributed by atoms with E-state index in [2.05, 4.69) is 21.2 Å². The van der Waals surface area contributed by atoms with Gasteiger partial charge < -0.3 is 9.32 Å². The summed E-state index contributed by atoms with van der Waals surface area (Å²) >= 11 is 7.97. The van der Waals surface area contributed by atoms with Gasteiger partial charge in [0.05, 0.1) is 10.2 Å². The summed E-state index contributed by atoms with van der Waals surface area (Å²) in [7, 11) is 0. The second-order valence-corrected chi connectivity index (χ2v) is 8.45. The lowest BCUT2D eigenvalue weighted by atomic mass is 9.97. The first-order chi connectivity index (χ1) is 12.2. The second kappa shape index (κ2) is 5.95. The Morgan fingerprint density at radius 1 is 1.08 bits per heavy atom. The summed E-state index contributed by atoms with van der Waals surface area (Å²) in [6, 6.07) is 4.02. The molecule has 2 aromatic heterocycles. The molecule has 130 valence electrons. The van der Waals surface area contributed by atoms with Gasteiger partial charge in [-0.1, -0.05) is 22.9 Å². The van der Waals surface area contributed by atoms with E-state index in [1.165, 1.54) is 17.5 Å². The molecular weight excluding hydrogens is 356 g/mol. The number of piperidine rings is 1. The predicted molar refractivity (Wildman–Crippen MR) is 99.8 cm³/mol. The van der Waals surface area contributed by atoms with Crippen LogP contribution in [0.4, 0.5) is 5.13 Å². The molecule has 1 saturated heterocycles. The Hall–Kier alpha value is -1.66. The standard InChI is InChI=1S/C18H19ClN4OS/c1-10-13(19)4-5-14-15(10)20-18(25-14)23-8-6-12(7-9-23)17-22-21-16(24-17)11-2-3-11/h4-5,11-12H,2-3,6-9H2,1H3. The molecule has 1 saturated carbocycles. The van der Waals surface area contributed by atoms with E-state index in [1.54, 1.807) is 11.3 Å². The summed E-state index contributed by atoms with van der Waals surface area (Å²) in [5, 5.41) is 10.4. The number of aromatic nitrogens is 3. The van der Waals surface area contributed by atoms with E-state index in [9.17, 15) is 0 Å². The Bertz CT molecular complexity index is 924. The third-order valence-electron chi connectivity index (χ3n) is 5.23. The molecule has 1 aliphatic carbocycles. The maximum atomic E-state index is 6.23. The maximum Gasteiger partial charge on any atom is 0.219 e. The number of rotatable bonds is 3. The van der Waals surface area contributed by atoms with Crippen molar-refractivity contribution in [3.05, 3.63) is 34.5 Å². The van der Waals surface area contributed by atoms with E-state index in [4.69, 9.17) is 21.0 Å². The number of hydrogen-bond donors (Lipinski definition) is 0. The van der Waals surface area contributed by atoms with Crippen molar-refractivity contribution in [2.75, 3.05) is 18.0 Å². The average molecular weight is 375 g/mol. The van der Waals surface area contributed by atoms with Crippen molar-refractivity contribution in [1.29, 1.82) is 0 Å². The number of anilines is 1. The molecular formula is C18H19ClN4OS. The summed E-state index contributed by atoms with van der Waals surface area (Å²) in [4.78, 5) is 7.21. The molecule has 2 aliphatic rings. The van der Waals surface area contributed by atoms with Crippen molar-refractivity contribution >= 4 is 38.3 Å². The van der Waals surface area contributed by atoms with E-state index in [-0.39, 0.29) is 0 Å². The first-order valence-corrected chi connectivity index (χ1v) is 10.0. The van der Waals surface area contributed by atoms with Crippen LogP contribution in [-0.2, 0) is 0 Å². The summed E-state index contributed by atoms with van der Waals surface area (Å²) in [6.07, 6.45) is 4.45. The van der Waals surface area contributed by atoms with E-state index in [0.29, 0.717) is 11.8 Å². The molecule has 0 amide bonds. The van der Waals surface area contributed by atoms with E-state index in [1.807, 2.05) is 13.0 Å². The number of thiazole rings is 1. The van der Waals surface area contributed by atoms with Crippen LogP contribution in [0.3, 0.4) is 0 Å². The van der Waals surface area contributed by atoms with Gasteiger partial charge in [-0.25, -0.2) is 4.98 Å². The van der Waals surface area contributed by atoms with Crippen molar-refractivity contribution in [2.45, 2.75) is 44.4 Å². The van der Waals surface area contributed by atoms with Crippen LogP contribution in [0.5, 0.6) is 0 Å². The van der Waals surface area contributed by atoms with Gasteiger partial charge in [0.2, 0.25) is 11.8 Å². The number of fused-ring (bicyclic) bond motifs is 1. The first-order valence-electron chi connectivity index (χ1n) is 8.83. The van der Waals surface area contributed by atoms with Crippen LogP contribution < -0.4 is 4.90 Å². The number of halogens is 1. The zero-order valence-electron chi connectivity index (χ0n) is 14.0. The molecule has 0 N–H and O–H groups in total. The van der Waals surface area contributed by atoms with Crippen molar-refractivity contribution in [2.24, 2.45) is 0 Å². The van der Waals surface area contributed by atoms with Gasteiger partial charge in [0, 0.05) is 29.9 Å². The molecule has 25 heavy (non-hydrogen) atoms. The summed E-state index contributed by atoms with van der Waals surface area (Å²) in [5.74, 6) is 2.57. The molecule has 0 atom stereocenters. The Labute approximate surface area is 155 Å². The topological polar surface area (TPSA) is 55.1 Å². The van der Waals surface area contributed by atoms with Gasteiger partial charge in [-0.05, 0) is 50.3 Å². The van der Waals surface area contributed by atoms with E-state index < -0.39 is 0 Å². The number of nitrogens with zero attached hydrogens (tertiary/aromatic N) is 4. The van der Waals surface area contributed by atoms with Crippen LogP contribution in [0.1, 0.15) is 54.9 Å². The molecule has 3 aromatic rings. The summed E-state index contributed by atoms with van der Waals surface area (Å²) in [5.41, 5.74) is 2.09. The third kappa shape index (κ3) is 2.81. The fraction of sp³-hybridized carbons (Fsp3) is 0.500. The van der Waals surface area contributed by atoms with Gasteiger partial charge in [-0.3, -0.25) is 0 Å². The number of benzene rings is 1. The minimum Gasteiger partial charge on any atom is -0.425 e. The second-order valence-electron chi connectivity index (χ2n) is 7.03. The Balaban J connectivity index is 1.31. The van der Waals surface area contributed by atoms with Crippen LogP contribution in [0.2, 0.25) is 5.02 Å². The SMILES string of the molecule is Cc1c(Cl)ccc2sc(N3CCC(c4nnc(C5CC5)o4)CC3)nc12. The monoisotopic (exact) mass is 374 g/mol. The Kier molecular flexibility index (Phi) is 3.71. The zero-order valence-corrected chi connectivity index (χ0v) is 15.6. The highest BCUT2D eigenvalue weighted by atomic mass is 35.5. The first kappa shape index (κ1) is 15.6. The van der Waals surface area contributed by atoms with Gasteiger partial charge in [0.25, 0.3) is 0 Å². The predicted octanol–water partition coefficient (Wildman–Crippen LogP) is 4.90. The molecule has 0 bridgehead atoms. The molecule has 5 rings (SSSR count). The highest BCUT2D eigenvalue weighted by Gasteiger charge is 2.32. The van der Waals surface area contributed by atoms with Crippen LogP contribution in [0.25, 0.3) is 10.2 Å². The van der Waals surface area contributed by atoms with E-state index >= 15 is 0 Å². The molecule has 1 aliphatic heterocycles.